The molecule has 0 bridgehead atoms. The summed E-state index contributed by atoms with van der Waals surface area (Å²) in [5.74, 6) is 0.576. The van der Waals surface area contributed by atoms with Gasteiger partial charge in [0.05, 0.1) is 11.9 Å². The van der Waals surface area contributed by atoms with Crippen LogP contribution in [-0.2, 0) is 17.1 Å². The molecular weight excluding hydrogens is 366 g/mol. The van der Waals surface area contributed by atoms with E-state index in [1.807, 2.05) is 24.1 Å². The van der Waals surface area contributed by atoms with E-state index in [-0.39, 0.29) is 11.6 Å². The minimum absolute atomic E-state index is 0.113. The zero-order valence-corrected chi connectivity index (χ0v) is 16.7. The number of aromatic nitrogens is 3. The first kappa shape index (κ1) is 19.5. The van der Waals surface area contributed by atoms with E-state index in [1.165, 1.54) is 21.2 Å². The van der Waals surface area contributed by atoms with Crippen molar-refractivity contribution >= 4 is 16.0 Å². The Bertz CT molecular complexity index is 959. The van der Waals surface area contributed by atoms with Gasteiger partial charge < -0.3 is 4.90 Å². The van der Waals surface area contributed by atoms with Gasteiger partial charge in [-0.25, -0.2) is 17.7 Å². The van der Waals surface area contributed by atoms with Gasteiger partial charge in [-0.15, -0.1) is 0 Å². The van der Waals surface area contributed by atoms with Gasteiger partial charge in [-0.3, -0.25) is 14.3 Å². The molecule has 1 atom stereocenters. The van der Waals surface area contributed by atoms with E-state index in [1.54, 1.807) is 19.4 Å². The molecule has 27 heavy (non-hydrogen) atoms. The van der Waals surface area contributed by atoms with Crippen molar-refractivity contribution in [3.05, 3.63) is 40.9 Å². The van der Waals surface area contributed by atoms with E-state index in [4.69, 9.17) is 4.98 Å². The summed E-state index contributed by atoms with van der Waals surface area (Å²) in [7, 11) is 0.438. The van der Waals surface area contributed by atoms with Crippen molar-refractivity contribution in [3.63, 3.8) is 0 Å². The fraction of sp³-hybridized carbons (Fsp3) is 0.500. The van der Waals surface area contributed by atoms with E-state index < -0.39 is 10.0 Å². The molecule has 1 aliphatic rings. The Hall–Kier alpha value is -2.26. The Morgan fingerprint density at radius 1 is 1.19 bits per heavy atom. The molecule has 0 spiro atoms. The molecule has 9 heteroatoms. The van der Waals surface area contributed by atoms with Gasteiger partial charge in [0.25, 0.3) is 5.56 Å². The maximum atomic E-state index is 12.5. The van der Waals surface area contributed by atoms with E-state index in [9.17, 15) is 13.2 Å². The molecule has 1 saturated heterocycles. The van der Waals surface area contributed by atoms with Gasteiger partial charge >= 0.3 is 0 Å². The standard InChI is InChI=1S/C18H25N5O3S/c1-21(15-5-4-11-23(12-8-15)27(3,25)26)18-20-16(13-17(24)22(18)2)14-6-9-19-10-7-14/h6-7,9-10,13,15H,4-5,8,11-12H2,1-3H3. The first-order chi connectivity index (χ1) is 12.8. The van der Waals surface area contributed by atoms with Crippen LogP contribution in [0.25, 0.3) is 11.3 Å². The molecule has 8 nitrogen and oxygen atoms in total. The molecule has 0 aromatic carbocycles. The fourth-order valence-electron chi connectivity index (χ4n) is 3.45. The normalized spacial score (nSPS) is 18.9. The molecule has 146 valence electrons. The lowest BCUT2D eigenvalue weighted by atomic mass is 10.1. The topological polar surface area (TPSA) is 88.4 Å². The second kappa shape index (κ2) is 7.77. The van der Waals surface area contributed by atoms with Crippen LogP contribution < -0.4 is 10.5 Å². The predicted molar refractivity (Wildman–Crippen MR) is 105 cm³/mol. The van der Waals surface area contributed by atoms with E-state index in [0.29, 0.717) is 31.2 Å². The summed E-state index contributed by atoms with van der Waals surface area (Å²) >= 11 is 0. The van der Waals surface area contributed by atoms with Crippen LogP contribution >= 0.6 is 0 Å². The molecule has 1 unspecified atom stereocenters. The van der Waals surface area contributed by atoms with Crippen LogP contribution in [-0.4, -0.2) is 59.7 Å². The highest BCUT2D eigenvalue weighted by atomic mass is 32.2. The van der Waals surface area contributed by atoms with Crippen molar-refractivity contribution < 1.29 is 8.42 Å². The molecule has 0 saturated carbocycles. The number of hydrogen-bond acceptors (Lipinski definition) is 6. The summed E-state index contributed by atoms with van der Waals surface area (Å²) in [5.41, 5.74) is 1.31. The van der Waals surface area contributed by atoms with Crippen molar-refractivity contribution in [1.82, 2.24) is 18.8 Å². The van der Waals surface area contributed by atoms with Crippen LogP contribution in [0.5, 0.6) is 0 Å². The quantitative estimate of drug-likeness (QED) is 0.775. The van der Waals surface area contributed by atoms with E-state index >= 15 is 0 Å². The Balaban J connectivity index is 1.89. The highest BCUT2D eigenvalue weighted by Crippen LogP contribution is 2.23. The lowest BCUT2D eigenvalue weighted by Crippen LogP contribution is -2.38. The van der Waals surface area contributed by atoms with Gasteiger partial charge in [0.2, 0.25) is 16.0 Å². The van der Waals surface area contributed by atoms with E-state index in [0.717, 1.165) is 18.4 Å². The fourth-order valence-corrected chi connectivity index (χ4v) is 4.35. The van der Waals surface area contributed by atoms with Crippen molar-refractivity contribution in [3.8, 4) is 11.3 Å². The monoisotopic (exact) mass is 391 g/mol. The second-order valence-electron chi connectivity index (χ2n) is 6.93. The third-order valence-corrected chi connectivity index (χ3v) is 6.38. The van der Waals surface area contributed by atoms with Crippen LogP contribution in [0.15, 0.2) is 35.4 Å². The Kier molecular flexibility index (Phi) is 5.61. The van der Waals surface area contributed by atoms with Crippen LogP contribution in [0.4, 0.5) is 5.95 Å². The molecule has 1 aliphatic heterocycles. The first-order valence-corrected chi connectivity index (χ1v) is 10.8. The highest BCUT2D eigenvalue weighted by molar-refractivity contribution is 7.88. The minimum atomic E-state index is -3.18. The molecule has 0 aliphatic carbocycles. The SMILES string of the molecule is CN(c1nc(-c2ccncc2)cc(=O)n1C)C1CCCN(S(C)(=O)=O)CC1. The number of rotatable bonds is 4. The number of pyridine rings is 1. The van der Waals surface area contributed by atoms with Gasteiger partial charge in [-0.1, -0.05) is 0 Å². The maximum absolute atomic E-state index is 12.5. The molecule has 0 N–H and O–H groups in total. The molecule has 0 amide bonds. The molecule has 2 aromatic heterocycles. The smallest absolute Gasteiger partial charge is 0.255 e. The first-order valence-electron chi connectivity index (χ1n) is 8.94. The summed E-state index contributed by atoms with van der Waals surface area (Å²) in [6, 6.07) is 5.27. The third kappa shape index (κ3) is 4.36. The molecular formula is C18H25N5O3S. The summed E-state index contributed by atoms with van der Waals surface area (Å²) in [6.07, 6.45) is 6.91. The Labute approximate surface area is 159 Å². The number of nitrogens with zero attached hydrogens (tertiary/aromatic N) is 5. The zero-order valence-electron chi connectivity index (χ0n) is 15.9. The largest absolute Gasteiger partial charge is 0.342 e. The number of anilines is 1. The molecule has 3 rings (SSSR count). The van der Waals surface area contributed by atoms with Crippen LogP contribution in [0.2, 0.25) is 0 Å². The van der Waals surface area contributed by atoms with E-state index in [2.05, 4.69) is 4.98 Å². The zero-order chi connectivity index (χ0) is 19.6. The van der Waals surface area contributed by atoms with Crippen molar-refractivity contribution in [2.45, 2.75) is 25.3 Å². The maximum Gasteiger partial charge on any atom is 0.255 e. The Morgan fingerprint density at radius 2 is 1.89 bits per heavy atom. The summed E-state index contributed by atoms with van der Waals surface area (Å²) in [4.78, 5) is 23.2. The van der Waals surface area contributed by atoms with Gasteiger partial charge in [0, 0.05) is 57.3 Å². The van der Waals surface area contributed by atoms with Crippen LogP contribution in [0.3, 0.4) is 0 Å². The molecule has 0 radical (unpaired) electrons. The summed E-state index contributed by atoms with van der Waals surface area (Å²) in [6.45, 7) is 1.01. The minimum Gasteiger partial charge on any atom is -0.342 e. The average Bonchev–Trinajstić information content (AvgIpc) is 2.90. The number of sulfonamides is 1. The Morgan fingerprint density at radius 3 is 2.56 bits per heavy atom. The average molecular weight is 391 g/mol. The second-order valence-corrected chi connectivity index (χ2v) is 8.91. The van der Waals surface area contributed by atoms with Gasteiger partial charge in [0.15, 0.2) is 0 Å². The third-order valence-electron chi connectivity index (χ3n) is 5.08. The number of hydrogen-bond donors (Lipinski definition) is 0. The lowest BCUT2D eigenvalue weighted by molar-refractivity contribution is 0.424. The van der Waals surface area contributed by atoms with Crippen molar-refractivity contribution in [2.24, 2.45) is 7.05 Å². The van der Waals surface area contributed by atoms with Crippen molar-refractivity contribution in [2.75, 3.05) is 31.3 Å². The van der Waals surface area contributed by atoms with Gasteiger partial charge in [-0.2, -0.15) is 0 Å². The highest BCUT2D eigenvalue weighted by Gasteiger charge is 2.26. The lowest BCUT2D eigenvalue weighted by Gasteiger charge is -2.29. The molecule has 2 aromatic rings. The van der Waals surface area contributed by atoms with Crippen LogP contribution in [0, 0.1) is 0 Å². The summed E-state index contributed by atoms with van der Waals surface area (Å²) < 4.78 is 26.7. The molecule has 1 fully saturated rings. The van der Waals surface area contributed by atoms with Crippen molar-refractivity contribution in [1.29, 1.82) is 0 Å². The molecule has 3 heterocycles. The summed E-state index contributed by atoms with van der Waals surface area (Å²) in [5, 5.41) is 0. The van der Waals surface area contributed by atoms with Gasteiger partial charge in [-0.05, 0) is 31.4 Å². The van der Waals surface area contributed by atoms with Gasteiger partial charge in [0.1, 0.15) is 0 Å². The predicted octanol–water partition coefficient (Wildman–Crippen LogP) is 1.09. The van der Waals surface area contributed by atoms with Crippen LogP contribution in [0.1, 0.15) is 19.3 Å².